The molecule has 90 valence electrons. The maximum absolute atomic E-state index is 11.4. The van der Waals surface area contributed by atoms with Crippen LogP contribution < -0.4 is 9.88 Å². The number of hydrogen-bond donors (Lipinski definition) is 1. The lowest BCUT2D eigenvalue weighted by Gasteiger charge is -2.09. The van der Waals surface area contributed by atoms with Crippen LogP contribution in [-0.4, -0.2) is 20.0 Å². The fourth-order valence-corrected chi connectivity index (χ4v) is 2.37. The summed E-state index contributed by atoms with van der Waals surface area (Å²) in [6.45, 7) is 2.34. The van der Waals surface area contributed by atoms with Gasteiger partial charge in [0.2, 0.25) is 10.0 Å². The topological polar surface area (TPSA) is 82.3 Å². The van der Waals surface area contributed by atoms with Crippen molar-refractivity contribution in [1.29, 1.82) is 0 Å². The molecule has 0 aliphatic rings. The molecule has 1 aromatic heterocycles. The molecular formula is C11H12N2O3S. The summed E-state index contributed by atoms with van der Waals surface area (Å²) in [5.74, 6) is 0.551. The molecule has 0 aliphatic carbocycles. The van der Waals surface area contributed by atoms with E-state index in [9.17, 15) is 8.42 Å². The van der Waals surface area contributed by atoms with Crippen LogP contribution in [0.25, 0.3) is 10.9 Å². The number of hydrogen-bond acceptors (Lipinski definition) is 4. The van der Waals surface area contributed by atoms with Gasteiger partial charge in [-0.2, -0.15) is 0 Å². The van der Waals surface area contributed by atoms with Gasteiger partial charge in [-0.15, -0.1) is 0 Å². The van der Waals surface area contributed by atoms with Gasteiger partial charge in [-0.1, -0.05) is 0 Å². The molecule has 17 heavy (non-hydrogen) atoms. The van der Waals surface area contributed by atoms with E-state index >= 15 is 0 Å². The number of nitrogens with two attached hydrogens (primary N) is 1. The van der Waals surface area contributed by atoms with Crippen molar-refractivity contribution in [2.24, 2.45) is 5.14 Å². The second-order valence-corrected chi connectivity index (χ2v) is 4.97. The number of fused-ring (bicyclic) bond motifs is 1. The average Bonchev–Trinajstić information content (AvgIpc) is 2.28. The Bertz CT molecular complexity index is 653. The maximum atomic E-state index is 11.4. The van der Waals surface area contributed by atoms with Gasteiger partial charge in [-0.25, -0.2) is 13.6 Å². The zero-order valence-corrected chi connectivity index (χ0v) is 10.1. The third-order valence-electron chi connectivity index (χ3n) is 2.30. The molecule has 0 saturated carbocycles. The quantitative estimate of drug-likeness (QED) is 0.892. The zero-order valence-electron chi connectivity index (χ0n) is 9.25. The third-order valence-corrected chi connectivity index (χ3v) is 3.27. The van der Waals surface area contributed by atoms with Gasteiger partial charge in [-0.3, -0.25) is 4.98 Å². The van der Waals surface area contributed by atoms with Crippen molar-refractivity contribution in [2.45, 2.75) is 11.8 Å². The molecule has 0 unspecified atom stereocenters. The van der Waals surface area contributed by atoms with Crippen molar-refractivity contribution in [1.82, 2.24) is 4.98 Å². The van der Waals surface area contributed by atoms with Crippen LogP contribution in [0.3, 0.4) is 0 Å². The highest BCUT2D eigenvalue weighted by Gasteiger charge is 2.15. The lowest BCUT2D eigenvalue weighted by molar-refractivity contribution is 0.343. The Labute approximate surface area is 99.3 Å². The van der Waals surface area contributed by atoms with Crippen LogP contribution in [-0.2, 0) is 10.0 Å². The minimum Gasteiger partial charge on any atom is -0.492 e. The van der Waals surface area contributed by atoms with Crippen LogP contribution in [0, 0.1) is 0 Å². The number of rotatable bonds is 3. The summed E-state index contributed by atoms with van der Waals surface area (Å²) in [4.78, 5) is 4.19. The predicted octanol–water partition coefficient (Wildman–Crippen LogP) is 1.28. The Balaban J connectivity index is 2.80. The van der Waals surface area contributed by atoms with Gasteiger partial charge in [0, 0.05) is 11.6 Å². The molecule has 2 aromatic rings. The fraction of sp³-hybridized carbons (Fsp3) is 0.182. The van der Waals surface area contributed by atoms with E-state index < -0.39 is 10.0 Å². The summed E-state index contributed by atoms with van der Waals surface area (Å²) in [6, 6.07) is 6.32. The molecule has 1 heterocycles. The van der Waals surface area contributed by atoms with Crippen molar-refractivity contribution in [3.05, 3.63) is 30.5 Å². The van der Waals surface area contributed by atoms with Crippen LogP contribution in [0.15, 0.2) is 35.4 Å². The van der Waals surface area contributed by atoms with Gasteiger partial charge in [0.1, 0.15) is 11.3 Å². The van der Waals surface area contributed by atoms with Crippen LogP contribution in [0.5, 0.6) is 5.75 Å². The minimum atomic E-state index is -3.76. The van der Waals surface area contributed by atoms with Gasteiger partial charge in [0.05, 0.1) is 11.5 Å². The van der Waals surface area contributed by atoms with Gasteiger partial charge < -0.3 is 4.74 Å². The Morgan fingerprint density at radius 3 is 2.76 bits per heavy atom. The first-order valence-electron chi connectivity index (χ1n) is 5.07. The molecule has 0 saturated heterocycles. The number of benzene rings is 1. The summed E-state index contributed by atoms with van der Waals surface area (Å²) in [6.07, 6.45) is 1.58. The molecule has 0 atom stereocenters. The Morgan fingerprint density at radius 2 is 2.12 bits per heavy atom. The van der Waals surface area contributed by atoms with E-state index in [-0.39, 0.29) is 4.90 Å². The molecule has 0 aliphatic heterocycles. The van der Waals surface area contributed by atoms with Crippen molar-refractivity contribution in [3.8, 4) is 5.75 Å². The van der Waals surface area contributed by atoms with Crippen LogP contribution >= 0.6 is 0 Å². The van der Waals surface area contributed by atoms with Gasteiger partial charge in [-0.05, 0) is 31.2 Å². The number of sulfonamides is 1. The van der Waals surface area contributed by atoms with Gasteiger partial charge in [0.15, 0.2) is 0 Å². The first-order chi connectivity index (χ1) is 8.04. The Morgan fingerprint density at radius 1 is 1.35 bits per heavy atom. The fourth-order valence-electron chi connectivity index (χ4n) is 1.64. The number of primary sulfonamides is 1. The summed E-state index contributed by atoms with van der Waals surface area (Å²) >= 11 is 0. The number of nitrogens with zero attached hydrogens (tertiary/aromatic N) is 1. The second-order valence-electron chi connectivity index (χ2n) is 3.44. The summed E-state index contributed by atoms with van der Waals surface area (Å²) in [7, 11) is -3.76. The van der Waals surface area contributed by atoms with Crippen LogP contribution in [0.2, 0.25) is 0 Å². The molecule has 5 nitrogen and oxygen atoms in total. The molecule has 2 rings (SSSR count). The third kappa shape index (κ3) is 2.22. The summed E-state index contributed by atoms with van der Waals surface area (Å²) in [5, 5.41) is 5.62. The molecule has 0 fully saturated rings. The minimum absolute atomic E-state index is 0.0593. The molecule has 6 heteroatoms. The van der Waals surface area contributed by atoms with E-state index in [1.165, 1.54) is 6.07 Å². The highest BCUT2D eigenvalue weighted by Crippen LogP contribution is 2.28. The molecule has 0 spiro atoms. The standard InChI is InChI=1S/C11H12N2O3S/c1-2-16-9-5-6-10(17(12,14)15)8-4-3-7-13-11(8)9/h3-7H,2H2,1H3,(H2,12,14,15). The van der Waals surface area contributed by atoms with Gasteiger partial charge in [0.25, 0.3) is 0 Å². The van der Waals surface area contributed by atoms with E-state index in [0.29, 0.717) is 23.3 Å². The highest BCUT2D eigenvalue weighted by molar-refractivity contribution is 7.89. The number of ether oxygens (including phenoxy) is 1. The number of aromatic nitrogens is 1. The maximum Gasteiger partial charge on any atom is 0.238 e. The lowest BCUT2D eigenvalue weighted by atomic mass is 10.2. The zero-order chi connectivity index (χ0) is 12.5. The molecule has 0 radical (unpaired) electrons. The van der Waals surface area contributed by atoms with E-state index in [2.05, 4.69) is 4.98 Å². The lowest BCUT2D eigenvalue weighted by Crippen LogP contribution is -2.13. The monoisotopic (exact) mass is 252 g/mol. The molecule has 0 bridgehead atoms. The normalized spacial score (nSPS) is 11.6. The van der Waals surface area contributed by atoms with Crippen molar-refractivity contribution >= 4 is 20.9 Å². The van der Waals surface area contributed by atoms with E-state index in [1.54, 1.807) is 24.4 Å². The number of pyridine rings is 1. The molecule has 2 N–H and O–H groups in total. The average molecular weight is 252 g/mol. The molecular weight excluding hydrogens is 240 g/mol. The van der Waals surface area contributed by atoms with Crippen molar-refractivity contribution < 1.29 is 13.2 Å². The molecule has 0 amide bonds. The van der Waals surface area contributed by atoms with Crippen molar-refractivity contribution in [2.75, 3.05) is 6.61 Å². The van der Waals surface area contributed by atoms with Crippen LogP contribution in [0.4, 0.5) is 0 Å². The highest BCUT2D eigenvalue weighted by atomic mass is 32.2. The van der Waals surface area contributed by atoms with Crippen molar-refractivity contribution in [3.63, 3.8) is 0 Å². The second kappa shape index (κ2) is 4.31. The van der Waals surface area contributed by atoms with E-state index in [1.807, 2.05) is 6.92 Å². The molecule has 1 aromatic carbocycles. The Hall–Kier alpha value is -1.66. The largest absolute Gasteiger partial charge is 0.492 e. The predicted molar refractivity (Wildman–Crippen MR) is 64.3 cm³/mol. The summed E-state index contributed by atoms with van der Waals surface area (Å²) in [5.41, 5.74) is 0.501. The summed E-state index contributed by atoms with van der Waals surface area (Å²) < 4.78 is 28.2. The van der Waals surface area contributed by atoms with Gasteiger partial charge >= 0.3 is 0 Å². The smallest absolute Gasteiger partial charge is 0.238 e. The van der Waals surface area contributed by atoms with E-state index in [4.69, 9.17) is 9.88 Å². The SMILES string of the molecule is CCOc1ccc(S(N)(=O)=O)c2cccnc12. The first-order valence-corrected chi connectivity index (χ1v) is 6.62. The first kappa shape index (κ1) is 11.8. The van der Waals surface area contributed by atoms with E-state index in [0.717, 1.165) is 0 Å². The van der Waals surface area contributed by atoms with Crippen LogP contribution in [0.1, 0.15) is 6.92 Å². The Kier molecular flexibility index (Phi) is 2.99.